The van der Waals surface area contributed by atoms with Gasteiger partial charge in [-0.05, 0) is 31.0 Å². The number of rotatable bonds is 4. The van der Waals surface area contributed by atoms with E-state index in [-0.39, 0.29) is 11.5 Å². The fraction of sp³-hybridized carbons (Fsp3) is 0.364. The van der Waals surface area contributed by atoms with E-state index in [1.165, 1.54) is 20.1 Å². The molecular weight excluding hydrogens is 263 g/mol. The summed E-state index contributed by atoms with van der Waals surface area (Å²) >= 11 is 3.20. The number of aryl methyl sites for hydroxylation is 1. The largest absolute Gasteiger partial charge is 0.493 e. The summed E-state index contributed by atoms with van der Waals surface area (Å²) in [4.78, 5) is 10.8. The third kappa shape index (κ3) is 3.30. The standard InChI is InChI=1S/C11H12BrFO2/c1-7(14)3-4-8-5-9(12)6-10(13)11(8)15-2/h5-6H,3-4H2,1-2H3. The predicted molar refractivity (Wildman–Crippen MR) is 59.7 cm³/mol. The van der Waals surface area contributed by atoms with Crippen molar-refractivity contribution in [1.29, 1.82) is 0 Å². The number of methoxy groups -OCH3 is 1. The highest BCUT2D eigenvalue weighted by Crippen LogP contribution is 2.28. The highest BCUT2D eigenvalue weighted by molar-refractivity contribution is 9.10. The first-order chi connectivity index (χ1) is 7.04. The maximum Gasteiger partial charge on any atom is 0.166 e. The van der Waals surface area contributed by atoms with Crippen LogP contribution in [0.1, 0.15) is 18.9 Å². The number of benzene rings is 1. The maximum atomic E-state index is 13.4. The van der Waals surface area contributed by atoms with Crippen LogP contribution in [-0.4, -0.2) is 12.9 Å². The monoisotopic (exact) mass is 274 g/mol. The molecule has 1 rings (SSSR count). The SMILES string of the molecule is COc1c(F)cc(Br)cc1CCC(C)=O. The van der Waals surface area contributed by atoms with Crippen molar-refractivity contribution in [1.82, 2.24) is 0 Å². The molecule has 0 fully saturated rings. The van der Waals surface area contributed by atoms with Crippen LogP contribution in [0.15, 0.2) is 16.6 Å². The lowest BCUT2D eigenvalue weighted by atomic mass is 10.1. The van der Waals surface area contributed by atoms with Gasteiger partial charge in [-0.15, -0.1) is 0 Å². The lowest BCUT2D eigenvalue weighted by Gasteiger charge is -2.09. The van der Waals surface area contributed by atoms with Crippen molar-refractivity contribution in [2.45, 2.75) is 19.8 Å². The molecule has 0 aliphatic rings. The van der Waals surface area contributed by atoms with E-state index in [9.17, 15) is 9.18 Å². The number of carbonyl (C=O) groups is 1. The molecule has 0 unspecified atom stereocenters. The second kappa shape index (κ2) is 5.26. The van der Waals surface area contributed by atoms with Crippen LogP contribution in [0.4, 0.5) is 4.39 Å². The molecular formula is C11H12BrFO2. The molecule has 0 heterocycles. The Morgan fingerprint density at radius 2 is 2.20 bits per heavy atom. The summed E-state index contributed by atoms with van der Waals surface area (Å²) in [6.07, 6.45) is 0.890. The summed E-state index contributed by atoms with van der Waals surface area (Å²) in [5.74, 6) is -0.109. The van der Waals surface area contributed by atoms with Gasteiger partial charge in [-0.3, -0.25) is 0 Å². The van der Waals surface area contributed by atoms with Crippen molar-refractivity contribution in [2.75, 3.05) is 7.11 Å². The van der Waals surface area contributed by atoms with Crippen molar-refractivity contribution in [2.24, 2.45) is 0 Å². The van der Waals surface area contributed by atoms with Crippen molar-refractivity contribution in [3.63, 3.8) is 0 Å². The molecule has 0 saturated carbocycles. The normalized spacial score (nSPS) is 10.1. The minimum Gasteiger partial charge on any atom is -0.493 e. The fourth-order valence-corrected chi connectivity index (χ4v) is 1.82. The zero-order chi connectivity index (χ0) is 11.4. The number of carbonyl (C=O) groups excluding carboxylic acids is 1. The number of ether oxygens (including phenoxy) is 1. The van der Waals surface area contributed by atoms with Gasteiger partial charge < -0.3 is 9.53 Å². The molecule has 82 valence electrons. The van der Waals surface area contributed by atoms with Gasteiger partial charge in [-0.25, -0.2) is 4.39 Å². The molecule has 0 aromatic heterocycles. The third-order valence-corrected chi connectivity index (χ3v) is 2.49. The molecule has 0 spiro atoms. The summed E-state index contributed by atoms with van der Waals surface area (Å²) in [5.41, 5.74) is 0.708. The van der Waals surface area contributed by atoms with Crippen molar-refractivity contribution >= 4 is 21.7 Å². The van der Waals surface area contributed by atoms with Crippen molar-refractivity contribution in [3.05, 3.63) is 28.0 Å². The lowest BCUT2D eigenvalue weighted by molar-refractivity contribution is -0.116. The number of halogens is 2. The summed E-state index contributed by atoms with van der Waals surface area (Å²) in [5, 5.41) is 0. The van der Waals surface area contributed by atoms with Crippen molar-refractivity contribution < 1.29 is 13.9 Å². The van der Waals surface area contributed by atoms with Gasteiger partial charge in [-0.2, -0.15) is 0 Å². The van der Waals surface area contributed by atoms with E-state index >= 15 is 0 Å². The number of ketones is 1. The summed E-state index contributed by atoms with van der Waals surface area (Å²) in [7, 11) is 1.42. The van der Waals surface area contributed by atoms with Crippen LogP contribution < -0.4 is 4.74 Å². The quantitative estimate of drug-likeness (QED) is 0.843. The number of Topliss-reactive ketones (excluding diaryl/α,β-unsaturated/α-hetero) is 1. The molecule has 15 heavy (non-hydrogen) atoms. The Morgan fingerprint density at radius 3 is 2.73 bits per heavy atom. The molecule has 2 nitrogen and oxygen atoms in total. The van der Waals surface area contributed by atoms with E-state index in [1.807, 2.05) is 0 Å². The predicted octanol–water partition coefficient (Wildman–Crippen LogP) is 3.12. The minimum absolute atomic E-state index is 0.0810. The lowest BCUT2D eigenvalue weighted by Crippen LogP contribution is -1.99. The first-order valence-electron chi connectivity index (χ1n) is 4.56. The molecule has 0 bridgehead atoms. The second-order valence-corrected chi connectivity index (χ2v) is 4.20. The Labute approximate surface area is 96.6 Å². The molecule has 0 aliphatic carbocycles. The van der Waals surface area contributed by atoms with Crippen LogP contribution in [0.2, 0.25) is 0 Å². The van der Waals surface area contributed by atoms with Gasteiger partial charge >= 0.3 is 0 Å². The van der Waals surface area contributed by atoms with Crippen LogP contribution in [-0.2, 0) is 11.2 Å². The smallest absolute Gasteiger partial charge is 0.166 e. The molecule has 0 saturated heterocycles. The van der Waals surface area contributed by atoms with Crippen molar-refractivity contribution in [3.8, 4) is 5.75 Å². The average Bonchev–Trinajstić information content (AvgIpc) is 2.13. The highest BCUT2D eigenvalue weighted by atomic mass is 79.9. The van der Waals surface area contributed by atoms with Gasteiger partial charge in [0.05, 0.1) is 7.11 Å². The summed E-state index contributed by atoms with van der Waals surface area (Å²) < 4.78 is 19.0. The minimum atomic E-state index is -0.412. The van der Waals surface area contributed by atoms with Gasteiger partial charge in [0.1, 0.15) is 5.78 Å². The third-order valence-electron chi connectivity index (χ3n) is 2.04. The van der Waals surface area contributed by atoms with E-state index in [2.05, 4.69) is 15.9 Å². The maximum absolute atomic E-state index is 13.4. The Bertz CT molecular complexity index is 377. The molecule has 1 aromatic rings. The second-order valence-electron chi connectivity index (χ2n) is 3.28. The zero-order valence-corrected chi connectivity index (χ0v) is 10.2. The van der Waals surface area contributed by atoms with E-state index < -0.39 is 5.82 Å². The molecule has 0 atom stereocenters. The van der Waals surface area contributed by atoms with E-state index in [1.54, 1.807) is 6.07 Å². The Balaban J connectivity index is 2.98. The average molecular weight is 275 g/mol. The first-order valence-corrected chi connectivity index (χ1v) is 5.35. The zero-order valence-electron chi connectivity index (χ0n) is 8.64. The van der Waals surface area contributed by atoms with E-state index in [0.717, 1.165) is 0 Å². The Hall–Kier alpha value is -0.900. The topological polar surface area (TPSA) is 26.3 Å². The fourth-order valence-electron chi connectivity index (χ4n) is 1.34. The van der Waals surface area contributed by atoms with Gasteiger partial charge in [-0.1, -0.05) is 15.9 Å². The molecule has 1 aromatic carbocycles. The summed E-state index contributed by atoms with van der Waals surface area (Å²) in [6.45, 7) is 1.51. The van der Waals surface area contributed by atoms with Gasteiger partial charge in [0.25, 0.3) is 0 Å². The number of hydrogen-bond acceptors (Lipinski definition) is 2. The van der Waals surface area contributed by atoms with Gasteiger partial charge in [0, 0.05) is 10.9 Å². The van der Waals surface area contributed by atoms with Gasteiger partial charge in [0.2, 0.25) is 0 Å². The molecule has 0 aliphatic heterocycles. The van der Waals surface area contributed by atoms with E-state index in [4.69, 9.17) is 4.74 Å². The van der Waals surface area contributed by atoms with Crippen LogP contribution in [0.25, 0.3) is 0 Å². The molecule has 0 radical (unpaired) electrons. The van der Waals surface area contributed by atoms with Crippen LogP contribution in [0.3, 0.4) is 0 Å². The van der Waals surface area contributed by atoms with E-state index in [0.29, 0.717) is 22.9 Å². The van der Waals surface area contributed by atoms with Gasteiger partial charge in [0.15, 0.2) is 11.6 Å². The Morgan fingerprint density at radius 1 is 1.53 bits per heavy atom. The highest BCUT2D eigenvalue weighted by Gasteiger charge is 2.11. The molecule has 4 heteroatoms. The molecule has 0 amide bonds. The first kappa shape index (κ1) is 12.2. The Kier molecular flexibility index (Phi) is 4.27. The molecule has 0 N–H and O–H groups in total. The van der Waals surface area contributed by atoms with Crippen LogP contribution in [0, 0.1) is 5.82 Å². The van der Waals surface area contributed by atoms with Crippen LogP contribution in [0.5, 0.6) is 5.75 Å². The number of hydrogen-bond donors (Lipinski definition) is 0. The summed E-state index contributed by atoms with van der Waals surface area (Å²) in [6, 6.07) is 3.11. The van der Waals surface area contributed by atoms with Crippen LogP contribution >= 0.6 is 15.9 Å².